The van der Waals surface area contributed by atoms with Crippen LogP contribution < -0.4 is 0 Å². The number of imidazole rings is 1. The van der Waals surface area contributed by atoms with E-state index in [2.05, 4.69) is 26.4 Å². The van der Waals surface area contributed by atoms with Gasteiger partial charge in [0.1, 0.15) is 17.2 Å². The van der Waals surface area contributed by atoms with Gasteiger partial charge < -0.3 is 4.57 Å². The number of aromatic nitrogens is 4. The molecule has 2 rings (SSSR count). The Morgan fingerprint density at radius 2 is 2.08 bits per heavy atom. The third kappa shape index (κ3) is 1.18. The first-order valence-electron chi connectivity index (χ1n) is 4.39. The van der Waals surface area contributed by atoms with E-state index < -0.39 is 0 Å². The molecular formula is C9H12N4. The predicted octanol–water partition coefficient (Wildman–Crippen LogP) is 1.46. The van der Waals surface area contributed by atoms with Gasteiger partial charge in [0.2, 0.25) is 0 Å². The fourth-order valence-electron chi connectivity index (χ4n) is 1.50. The number of fused-ring (bicyclic) bond motifs is 1. The van der Waals surface area contributed by atoms with Gasteiger partial charge in [0.05, 0.1) is 6.20 Å². The van der Waals surface area contributed by atoms with E-state index in [0.29, 0.717) is 0 Å². The Hall–Kier alpha value is -1.45. The highest BCUT2D eigenvalue weighted by Crippen LogP contribution is 2.11. The maximum atomic E-state index is 4.36. The number of aryl methyl sites for hydroxylation is 3. The van der Waals surface area contributed by atoms with Crippen molar-refractivity contribution in [1.82, 2.24) is 19.5 Å². The van der Waals surface area contributed by atoms with Crippen molar-refractivity contribution < 1.29 is 0 Å². The summed E-state index contributed by atoms with van der Waals surface area (Å²) in [5.41, 5.74) is 1.82. The summed E-state index contributed by atoms with van der Waals surface area (Å²) in [4.78, 5) is 12.8. The maximum absolute atomic E-state index is 4.36. The summed E-state index contributed by atoms with van der Waals surface area (Å²) in [6.45, 7) is 6.87. The zero-order valence-electron chi connectivity index (χ0n) is 8.07. The topological polar surface area (TPSA) is 43.6 Å². The third-order valence-corrected chi connectivity index (χ3v) is 2.12. The lowest BCUT2D eigenvalue weighted by atomic mass is 10.5. The number of hydrogen-bond donors (Lipinski definition) is 0. The molecule has 0 aliphatic carbocycles. The van der Waals surface area contributed by atoms with Gasteiger partial charge >= 0.3 is 0 Å². The molecule has 0 bridgehead atoms. The fourth-order valence-corrected chi connectivity index (χ4v) is 1.50. The van der Waals surface area contributed by atoms with Gasteiger partial charge in [-0.15, -0.1) is 0 Å². The van der Waals surface area contributed by atoms with Gasteiger partial charge in [-0.1, -0.05) is 0 Å². The van der Waals surface area contributed by atoms with Crippen LogP contribution in [0.1, 0.15) is 18.6 Å². The molecule has 0 amide bonds. The van der Waals surface area contributed by atoms with E-state index in [1.807, 2.05) is 13.8 Å². The zero-order chi connectivity index (χ0) is 9.42. The van der Waals surface area contributed by atoms with Crippen LogP contribution in [-0.2, 0) is 6.54 Å². The second kappa shape index (κ2) is 2.80. The monoisotopic (exact) mass is 176 g/mol. The Morgan fingerprint density at radius 3 is 2.77 bits per heavy atom. The van der Waals surface area contributed by atoms with Crippen LogP contribution >= 0.6 is 0 Å². The van der Waals surface area contributed by atoms with Gasteiger partial charge in [-0.2, -0.15) is 0 Å². The van der Waals surface area contributed by atoms with Crippen LogP contribution in [0.25, 0.3) is 11.2 Å². The molecule has 0 aliphatic rings. The first-order chi connectivity index (χ1) is 6.22. The summed E-state index contributed by atoms with van der Waals surface area (Å²) in [7, 11) is 0. The molecule has 0 fully saturated rings. The summed E-state index contributed by atoms with van der Waals surface area (Å²) in [6.07, 6.45) is 1.77. The van der Waals surface area contributed by atoms with Crippen LogP contribution in [0.3, 0.4) is 0 Å². The lowest BCUT2D eigenvalue weighted by Crippen LogP contribution is -1.99. The highest BCUT2D eigenvalue weighted by Gasteiger charge is 2.06. The summed E-state index contributed by atoms with van der Waals surface area (Å²) < 4.78 is 2.09. The minimum Gasteiger partial charge on any atom is -0.313 e. The van der Waals surface area contributed by atoms with E-state index >= 15 is 0 Å². The van der Waals surface area contributed by atoms with Gasteiger partial charge in [0.25, 0.3) is 0 Å². The summed E-state index contributed by atoms with van der Waals surface area (Å²) in [6, 6.07) is 0. The van der Waals surface area contributed by atoms with Crippen LogP contribution in [-0.4, -0.2) is 19.5 Å². The molecule has 0 saturated heterocycles. The molecule has 2 heterocycles. The largest absolute Gasteiger partial charge is 0.313 e. The van der Waals surface area contributed by atoms with Crippen molar-refractivity contribution in [2.45, 2.75) is 27.3 Å². The molecule has 0 saturated carbocycles. The smallest absolute Gasteiger partial charge is 0.163 e. The standard InChI is InChI=1S/C9H12N4/c1-4-13-7(3)12-8-5-10-6(2)11-9(8)13/h5H,4H2,1-3H3. The number of nitrogens with zero attached hydrogens (tertiary/aromatic N) is 4. The molecule has 13 heavy (non-hydrogen) atoms. The van der Waals surface area contributed by atoms with E-state index in [9.17, 15) is 0 Å². The van der Waals surface area contributed by atoms with Crippen molar-refractivity contribution in [3.63, 3.8) is 0 Å². The quantitative estimate of drug-likeness (QED) is 0.660. The molecular weight excluding hydrogens is 164 g/mol. The van der Waals surface area contributed by atoms with Crippen molar-refractivity contribution in [1.29, 1.82) is 0 Å². The first-order valence-corrected chi connectivity index (χ1v) is 4.39. The minimum atomic E-state index is 0.794. The minimum absolute atomic E-state index is 0.794. The lowest BCUT2D eigenvalue weighted by molar-refractivity contribution is 0.743. The summed E-state index contributed by atoms with van der Waals surface area (Å²) >= 11 is 0. The van der Waals surface area contributed by atoms with E-state index in [-0.39, 0.29) is 0 Å². The third-order valence-electron chi connectivity index (χ3n) is 2.12. The average Bonchev–Trinajstić information content (AvgIpc) is 2.40. The Balaban J connectivity index is 2.80. The van der Waals surface area contributed by atoms with Gasteiger partial charge in [-0.25, -0.2) is 15.0 Å². The predicted molar refractivity (Wildman–Crippen MR) is 50.5 cm³/mol. The Morgan fingerprint density at radius 1 is 1.31 bits per heavy atom. The first kappa shape index (κ1) is 8.16. The molecule has 68 valence electrons. The number of hydrogen-bond acceptors (Lipinski definition) is 3. The van der Waals surface area contributed by atoms with Crippen LogP contribution in [0, 0.1) is 13.8 Å². The summed E-state index contributed by atoms with van der Waals surface area (Å²) in [5.74, 6) is 1.79. The SMILES string of the molecule is CCn1c(C)nc2cnc(C)nc21. The molecule has 4 nitrogen and oxygen atoms in total. The van der Waals surface area contributed by atoms with Crippen molar-refractivity contribution in [2.75, 3.05) is 0 Å². The normalized spacial score (nSPS) is 11.0. The van der Waals surface area contributed by atoms with Crippen LogP contribution in [0.4, 0.5) is 0 Å². The van der Waals surface area contributed by atoms with E-state index in [4.69, 9.17) is 0 Å². The second-order valence-corrected chi connectivity index (χ2v) is 3.03. The van der Waals surface area contributed by atoms with Crippen molar-refractivity contribution in [2.24, 2.45) is 0 Å². The van der Waals surface area contributed by atoms with Gasteiger partial charge in [-0.05, 0) is 20.8 Å². The zero-order valence-corrected chi connectivity index (χ0v) is 8.07. The van der Waals surface area contributed by atoms with Crippen LogP contribution in [0.5, 0.6) is 0 Å². The highest BCUT2D eigenvalue weighted by atomic mass is 15.1. The fraction of sp³-hybridized carbons (Fsp3) is 0.444. The summed E-state index contributed by atoms with van der Waals surface area (Å²) in [5, 5.41) is 0. The van der Waals surface area contributed by atoms with Crippen LogP contribution in [0.2, 0.25) is 0 Å². The van der Waals surface area contributed by atoms with E-state index in [0.717, 1.165) is 29.4 Å². The molecule has 0 unspecified atom stereocenters. The molecule has 0 atom stereocenters. The lowest BCUT2D eigenvalue weighted by Gasteiger charge is -2.00. The Kier molecular flexibility index (Phi) is 1.76. The Bertz CT molecular complexity index is 444. The molecule has 0 spiro atoms. The highest BCUT2D eigenvalue weighted by molar-refractivity contribution is 5.70. The van der Waals surface area contributed by atoms with Crippen molar-refractivity contribution in [3.8, 4) is 0 Å². The van der Waals surface area contributed by atoms with E-state index in [1.54, 1.807) is 6.20 Å². The second-order valence-electron chi connectivity index (χ2n) is 3.03. The molecule has 0 radical (unpaired) electrons. The molecule has 2 aromatic rings. The maximum Gasteiger partial charge on any atom is 0.163 e. The molecule has 0 aromatic carbocycles. The van der Waals surface area contributed by atoms with Crippen molar-refractivity contribution in [3.05, 3.63) is 17.8 Å². The molecule has 2 aromatic heterocycles. The van der Waals surface area contributed by atoms with Crippen molar-refractivity contribution >= 4 is 11.2 Å². The van der Waals surface area contributed by atoms with Gasteiger partial charge in [0, 0.05) is 6.54 Å². The molecule has 0 aliphatic heterocycles. The van der Waals surface area contributed by atoms with E-state index in [1.165, 1.54) is 0 Å². The van der Waals surface area contributed by atoms with Gasteiger partial charge in [0.15, 0.2) is 5.65 Å². The molecule has 4 heteroatoms. The average molecular weight is 176 g/mol. The van der Waals surface area contributed by atoms with Crippen LogP contribution in [0.15, 0.2) is 6.20 Å². The number of rotatable bonds is 1. The van der Waals surface area contributed by atoms with Gasteiger partial charge in [-0.3, -0.25) is 0 Å². The molecule has 0 N–H and O–H groups in total. The Labute approximate surface area is 76.7 Å².